The predicted molar refractivity (Wildman–Crippen MR) is 68.2 cm³/mol. The summed E-state index contributed by atoms with van der Waals surface area (Å²) in [6.45, 7) is 6.75. The van der Waals surface area contributed by atoms with Crippen LogP contribution in [0.3, 0.4) is 0 Å². The largest absolute Gasteiger partial charge is 0.378 e. The second kappa shape index (κ2) is 4.40. The van der Waals surface area contributed by atoms with Gasteiger partial charge in [-0.2, -0.15) is 0 Å². The summed E-state index contributed by atoms with van der Waals surface area (Å²) in [6, 6.07) is 0. The Morgan fingerprint density at radius 3 is 2.57 bits per heavy atom. The smallest absolute Gasteiger partial charge is 0.126 e. The fourth-order valence-corrected chi connectivity index (χ4v) is 2.70. The van der Waals surface area contributed by atoms with E-state index in [1.54, 1.807) is 0 Å². The monoisotopic (exact) mass is 306 g/mol. The molecule has 1 saturated carbocycles. The maximum absolute atomic E-state index is 10.2. The van der Waals surface area contributed by atoms with Gasteiger partial charge in [-0.3, -0.25) is 0 Å². The van der Waals surface area contributed by atoms with Crippen LogP contribution in [0.1, 0.15) is 46.5 Å². The number of rotatable bonds is 0. The normalized spacial score (nSPS) is 33.4. The molecule has 0 radical (unpaired) electrons. The van der Waals surface area contributed by atoms with Crippen molar-refractivity contribution < 1.29 is 5.11 Å². The van der Waals surface area contributed by atoms with E-state index in [0.717, 1.165) is 19.3 Å². The van der Waals surface area contributed by atoms with Crippen molar-refractivity contribution in [1.29, 1.82) is 0 Å². The van der Waals surface area contributed by atoms with Gasteiger partial charge >= 0.3 is 0 Å². The molecule has 0 saturated heterocycles. The molecule has 0 aromatic rings. The maximum atomic E-state index is 10.2. The van der Waals surface area contributed by atoms with Gasteiger partial charge in [0.05, 0.1) is 0 Å². The average Bonchev–Trinajstić information content (AvgIpc) is 2.02. The average molecular weight is 306 g/mol. The molecule has 1 N–H and O–H groups in total. The molecular formula is C12H19IO. The SMILES string of the molecule is CC(C)(C)C1CCC[C@@](O)(C#CI)C1. The van der Waals surface area contributed by atoms with Gasteiger partial charge in [0.15, 0.2) is 0 Å². The summed E-state index contributed by atoms with van der Waals surface area (Å²) in [5, 5.41) is 10.2. The van der Waals surface area contributed by atoms with E-state index in [1.165, 1.54) is 6.42 Å². The minimum absolute atomic E-state index is 0.293. The molecule has 1 fully saturated rings. The third-order valence-corrected chi connectivity index (χ3v) is 3.50. The lowest BCUT2D eigenvalue weighted by Crippen LogP contribution is -2.38. The Morgan fingerprint density at radius 1 is 1.43 bits per heavy atom. The van der Waals surface area contributed by atoms with Crippen LogP contribution in [0.5, 0.6) is 0 Å². The summed E-state index contributed by atoms with van der Waals surface area (Å²) in [5.41, 5.74) is -0.418. The zero-order chi connectivity index (χ0) is 10.8. The van der Waals surface area contributed by atoms with Crippen molar-refractivity contribution in [3.8, 4) is 9.85 Å². The Bertz CT molecular complexity index is 256. The molecule has 80 valence electrons. The van der Waals surface area contributed by atoms with Crippen molar-refractivity contribution in [2.24, 2.45) is 11.3 Å². The maximum Gasteiger partial charge on any atom is 0.126 e. The van der Waals surface area contributed by atoms with Gasteiger partial charge in [-0.1, -0.05) is 26.7 Å². The first-order valence-corrected chi connectivity index (χ1v) is 6.30. The molecule has 0 aliphatic heterocycles. The molecule has 0 amide bonds. The van der Waals surface area contributed by atoms with Crippen molar-refractivity contribution >= 4 is 22.6 Å². The van der Waals surface area contributed by atoms with Crippen LogP contribution in [-0.2, 0) is 0 Å². The highest BCUT2D eigenvalue weighted by Gasteiger charge is 2.37. The second-order valence-electron chi connectivity index (χ2n) is 5.41. The Kier molecular flexibility index (Phi) is 3.87. The molecule has 0 aromatic carbocycles. The molecule has 0 aromatic heterocycles. The van der Waals surface area contributed by atoms with E-state index < -0.39 is 5.60 Å². The topological polar surface area (TPSA) is 20.2 Å². The van der Waals surface area contributed by atoms with Crippen molar-refractivity contribution in [3.63, 3.8) is 0 Å². The highest BCUT2D eigenvalue weighted by molar-refractivity contribution is 14.1. The molecule has 2 atom stereocenters. The van der Waals surface area contributed by atoms with Crippen LogP contribution in [-0.4, -0.2) is 10.7 Å². The fraction of sp³-hybridized carbons (Fsp3) is 0.833. The molecule has 14 heavy (non-hydrogen) atoms. The summed E-state index contributed by atoms with van der Waals surface area (Å²) in [5.74, 6) is 3.55. The molecule has 0 spiro atoms. The van der Waals surface area contributed by atoms with Gasteiger partial charge in [0, 0.05) is 22.6 Å². The quantitative estimate of drug-likeness (QED) is 0.537. The van der Waals surface area contributed by atoms with E-state index in [0.29, 0.717) is 11.3 Å². The third-order valence-electron chi connectivity index (χ3n) is 3.23. The van der Waals surface area contributed by atoms with Gasteiger partial charge in [-0.25, -0.2) is 0 Å². The lowest BCUT2D eigenvalue weighted by molar-refractivity contribution is 0.00733. The number of halogens is 1. The highest BCUT2D eigenvalue weighted by Crippen LogP contribution is 2.41. The molecule has 1 aliphatic rings. The molecule has 1 rings (SSSR count). The predicted octanol–water partition coefficient (Wildman–Crippen LogP) is 3.35. The summed E-state index contributed by atoms with van der Waals surface area (Å²) >= 11 is 2.01. The molecule has 1 unspecified atom stereocenters. The minimum Gasteiger partial charge on any atom is -0.378 e. The van der Waals surface area contributed by atoms with Crippen LogP contribution >= 0.6 is 22.6 Å². The number of hydrogen-bond donors (Lipinski definition) is 1. The zero-order valence-corrected chi connectivity index (χ0v) is 11.4. The molecule has 0 heterocycles. The third kappa shape index (κ3) is 3.13. The number of aliphatic hydroxyl groups is 1. The Balaban J connectivity index is 2.72. The van der Waals surface area contributed by atoms with Crippen LogP contribution < -0.4 is 0 Å². The van der Waals surface area contributed by atoms with E-state index in [1.807, 2.05) is 22.6 Å². The minimum atomic E-state index is -0.711. The lowest BCUT2D eigenvalue weighted by Gasteiger charge is -2.40. The van der Waals surface area contributed by atoms with Gasteiger partial charge in [-0.05, 0) is 40.9 Å². The van der Waals surface area contributed by atoms with Gasteiger partial charge in [0.25, 0.3) is 0 Å². The second-order valence-corrected chi connectivity index (χ2v) is 5.95. The van der Waals surface area contributed by atoms with E-state index in [9.17, 15) is 5.11 Å². The van der Waals surface area contributed by atoms with Crippen molar-refractivity contribution in [2.75, 3.05) is 0 Å². The van der Waals surface area contributed by atoms with Gasteiger partial charge in [0.1, 0.15) is 5.60 Å². The van der Waals surface area contributed by atoms with Gasteiger partial charge < -0.3 is 5.11 Å². The molecule has 2 heteroatoms. The van der Waals surface area contributed by atoms with Gasteiger partial charge in [0.2, 0.25) is 0 Å². The van der Waals surface area contributed by atoms with Crippen LogP contribution in [0.15, 0.2) is 0 Å². The summed E-state index contributed by atoms with van der Waals surface area (Å²) in [6.07, 6.45) is 4.01. The first kappa shape index (κ1) is 12.3. The van der Waals surface area contributed by atoms with E-state index >= 15 is 0 Å². The Morgan fingerprint density at radius 2 is 2.07 bits per heavy atom. The molecule has 1 aliphatic carbocycles. The summed E-state index contributed by atoms with van der Waals surface area (Å²) < 4.78 is 2.82. The van der Waals surface area contributed by atoms with Crippen molar-refractivity contribution in [3.05, 3.63) is 0 Å². The molecular weight excluding hydrogens is 287 g/mol. The van der Waals surface area contributed by atoms with Crippen molar-refractivity contribution in [2.45, 2.75) is 52.1 Å². The fourth-order valence-electron chi connectivity index (χ4n) is 2.19. The first-order chi connectivity index (χ1) is 6.37. The zero-order valence-electron chi connectivity index (χ0n) is 9.23. The van der Waals surface area contributed by atoms with Crippen LogP contribution in [0.25, 0.3) is 0 Å². The lowest BCUT2D eigenvalue weighted by atomic mass is 9.68. The summed E-state index contributed by atoms with van der Waals surface area (Å²) in [7, 11) is 0. The number of hydrogen-bond acceptors (Lipinski definition) is 1. The summed E-state index contributed by atoms with van der Waals surface area (Å²) in [4.78, 5) is 0. The van der Waals surface area contributed by atoms with E-state index in [4.69, 9.17) is 0 Å². The molecule has 1 nitrogen and oxygen atoms in total. The Labute approximate surface area is 101 Å². The molecule has 0 bridgehead atoms. The first-order valence-electron chi connectivity index (χ1n) is 5.22. The van der Waals surface area contributed by atoms with Crippen LogP contribution in [0, 0.1) is 21.2 Å². The van der Waals surface area contributed by atoms with Crippen molar-refractivity contribution in [1.82, 2.24) is 0 Å². The van der Waals surface area contributed by atoms with Crippen LogP contribution in [0.2, 0.25) is 0 Å². The van der Waals surface area contributed by atoms with Crippen LogP contribution in [0.4, 0.5) is 0 Å². The Hall–Kier alpha value is 0.250. The van der Waals surface area contributed by atoms with E-state index in [-0.39, 0.29) is 0 Å². The van der Waals surface area contributed by atoms with Gasteiger partial charge in [-0.15, -0.1) is 0 Å². The highest BCUT2D eigenvalue weighted by atomic mass is 127. The van der Waals surface area contributed by atoms with E-state index in [2.05, 4.69) is 30.6 Å². The standard InChI is InChI=1S/C12H19IO/c1-11(2,3)10-5-4-6-12(14,9-10)7-8-13/h10,14H,4-6,9H2,1-3H3/t10?,12-/m1/s1.